The summed E-state index contributed by atoms with van der Waals surface area (Å²) in [5, 5.41) is 19.6. The van der Waals surface area contributed by atoms with E-state index in [1.807, 2.05) is 43.4 Å². The van der Waals surface area contributed by atoms with Gasteiger partial charge in [-0.1, -0.05) is 0 Å². The standard InChI is InChI=1S/C17H23N9/c1-24(2)15-6-5-14(12-18-15)19-13-4-3-10-25(11-9-13)17-8-7-16-20-22-23-26(16)21-17/h5-8,12-13,19H,3-4,9-11H2,1-2H3/t13-/m1/s1. The number of hydrogen-bond donors (Lipinski definition) is 1. The van der Waals surface area contributed by atoms with E-state index in [1.165, 1.54) is 4.63 Å². The maximum Gasteiger partial charge on any atom is 0.200 e. The number of anilines is 3. The minimum absolute atomic E-state index is 0.434. The largest absolute Gasteiger partial charge is 0.381 e. The maximum absolute atomic E-state index is 4.51. The monoisotopic (exact) mass is 353 g/mol. The summed E-state index contributed by atoms with van der Waals surface area (Å²) < 4.78 is 1.48. The van der Waals surface area contributed by atoms with Crippen molar-refractivity contribution < 1.29 is 0 Å². The molecular formula is C17H23N9. The van der Waals surface area contributed by atoms with Crippen LogP contribution >= 0.6 is 0 Å². The van der Waals surface area contributed by atoms with Gasteiger partial charge in [0.1, 0.15) is 5.82 Å². The minimum atomic E-state index is 0.434. The molecule has 3 aromatic rings. The van der Waals surface area contributed by atoms with Crippen LogP contribution in [0, 0.1) is 0 Å². The van der Waals surface area contributed by atoms with Gasteiger partial charge in [0.15, 0.2) is 11.5 Å². The molecule has 136 valence electrons. The van der Waals surface area contributed by atoms with E-state index in [0.29, 0.717) is 11.7 Å². The molecule has 4 rings (SSSR count). The summed E-state index contributed by atoms with van der Waals surface area (Å²) >= 11 is 0. The van der Waals surface area contributed by atoms with E-state index < -0.39 is 0 Å². The highest BCUT2D eigenvalue weighted by atomic mass is 15.6. The third-order valence-electron chi connectivity index (χ3n) is 4.68. The van der Waals surface area contributed by atoms with E-state index in [4.69, 9.17) is 0 Å². The molecule has 9 nitrogen and oxygen atoms in total. The first-order valence-electron chi connectivity index (χ1n) is 8.89. The lowest BCUT2D eigenvalue weighted by molar-refractivity contribution is 0.639. The van der Waals surface area contributed by atoms with Gasteiger partial charge in [0.25, 0.3) is 0 Å². The van der Waals surface area contributed by atoms with Crippen molar-refractivity contribution in [1.29, 1.82) is 0 Å². The second-order valence-electron chi connectivity index (χ2n) is 6.78. The highest BCUT2D eigenvalue weighted by Gasteiger charge is 2.18. The van der Waals surface area contributed by atoms with Gasteiger partial charge in [0.2, 0.25) is 0 Å². The second kappa shape index (κ2) is 7.11. The molecule has 0 radical (unpaired) electrons. The minimum Gasteiger partial charge on any atom is -0.381 e. The third kappa shape index (κ3) is 3.51. The van der Waals surface area contributed by atoms with Crippen LogP contribution in [0.15, 0.2) is 30.5 Å². The molecule has 26 heavy (non-hydrogen) atoms. The Morgan fingerprint density at radius 3 is 2.85 bits per heavy atom. The molecule has 0 saturated carbocycles. The molecular weight excluding hydrogens is 330 g/mol. The Bertz CT molecular complexity index is 858. The Labute approximate surface area is 152 Å². The maximum atomic E-state index is 4.51. The van der Waals surface area contributed by atoms with Crippen LogP contribution in [0.4, 0.5) is 17.3 Å². The molecule has 1 N–H and O–H groups in total. The summed E-state index contributed by atoms with van der Waals surface area (Å²) in [5.74, 6) is 1.88. The van der Waals surface area contributed by atoms with Crippen LogP contribution in [-0.4, -0.2) is 63.5 Å². The van der Waals surface area contributed by atoms with Gasteiger partial charge in [0.05, 0.1) is 11.9 Å². The van der Waals surface area contributed by atoms with E-state index >= 15 is 0 Å². The number of rotatable bonds is 4. The predicted octanol–water partition coefficient (Wildman–Crippen LogP) is 1.45. The van der Waals surface area contributed by atoms with Crippen LogP contribution < -0.4 is 15.1 Å². The summed E-state index contributed by atoms with van der Waals surface area (Å²) in [7, 11) is 3.99. The zero-order chi connectivity index (χ0) is 17.9. The van der Waals surface area contributed by atoms with Crippen molar-refractivity contribution in [3.63, 3.8) is 0 Å². The molecule has 1 fully saturated rings. The smallest absolute Gasteiger partial charge is 0.200 e. The SMILES string of the molecule is CN(C)c1ccc(N[C@@H]2CCCN(c3ccc4nnnn4n3)CC2)cn1. The van der Waals surface area contributed by atoms with Gasteiger partial charge in [-0.2, -0.15) is 0 Å². The molecule has 3 aromatic heterocycles. The molecule has 0 unspecified atom stereocenters. The van der Waals surface area contributed by atoms with Crippen LogP contribution in [0.1, 0.15) is 19.3 Å². The quantitative estimate of drug-likeness (QED) is 0.754. The molecule has 1 saturated heterocycles. The van der Waals surface area contributed by atoms with Crippen molar-refractivity contribution in [2.45, 2.75) is 25.3 Å². The lowest BCUT2D eigenvalue weighted by Crippen LogP contribution is -2.27. The predicted molar refractivity (Wildman–Crippen MR) is 101 cm³/mol. The Kier molecular flexibility index (Phi) is 4.51. The fourth-order valence-corrected chi connectivity index (χ4v) is 3.25. The fraction of sp³-hybridized carbons (Fsp3) is 0.471. The van der Waals surface area contributed by atoms with Gasteiger partial charge in [-0.25, -0.2) is 4.98 Å². The number of hydrogen-bond acceptors (Lipinski definition) is 8. The van der Waals surface area contributed by atoms with E-state index in [9.17, 15) is 0 Å². The zero-order valence-electron chi connectivity index (χ0n) is 15.1. The van der Waals surface area contributed by atoms with E-state index in [2.05, 4.69) is 41.9 Å². The van der Waals surface area contributed by atoms with E-state index in [1.54, 1.807) is 0 Å². The molecule has 4 heterocycles. The molecule has 1 aliphatic heterocycles. The van der Waals surface area contributed by atoms with Gasteiger partial charge >= 0.3 is 0 Å². The topological polar surface area (TPSA) is 87.4 Å². The van der Waals surface area contributed by atoms with Crippen LogP contribution in [0.3, 0.4) is 0 Å². The van der Waals surface area contributed by atoms with Crippen LogP contribution in [-0.2, 0) is 0 Å². The lowest BCUT2D eigenvalue weighted by Gasteiger charge is -2.21. The molecule has 0 aliphatic carbocycles. The first-order valence-corrected chi connectivity index (χ1v) is 8.89. The lowest BCUT2D eigenvalue weighted by atomic mass is 10.1. The average molecular weight is 353 g/mol. The first kappa shape index (κ1) is 16.5. The van der Waals surface area contributed by atoms with Crippen molar-refractivity contribution in [3.05, 3.63) is 30.5 Å². The van der Waals surface area contributed by atoms with E-state index in [-0.39, 0.29) is 0 Å². The van der Waals surface area contributed by atoms with Crippen molar-refractivity contribution in [2.24, 2.45) is 0 Å². The number of tetrazole rings is 1. The van der Waals surface area contributed by atoms with Gasteiger partial charge in [-0.15, -0.1) is 14.8 Å². The number of aromatic nitrogens is 6. The molecule has 9 heteroatoms. The van der Waals surface area contributed by atoms with Gasteiger partial charge in [-0.3, -0.25) is 0 Å². The van der Waals surface area contributed by atoms with Gasteiger partial charge in [-0.05, 0) is 54.0 Å². The molecule has 0 aromatic carbocycles. The fourth-order valence-electron chi connectivity index (χ4n) is 3.25. The summed E-state index contributed by atoms with van der Waals surface area (Å²) in [6.45, 7) is 1.93. The Hall–Kier alpha value is -2.97. The highest BCUT2D eigenvalue weighted by molar-refractivity contribution is 5.49. The summed E-state index contributed by atoms with van der Waals surface area (Å²) in [5.41, 5.74) is 1.74. The van der Waals surface area contributed by atoms with Gasteiger partial charge in [0, 0.05) is 33.2 Å². The van der Waals surface area contributed by atoms with Crippen molar-refractivity contribution >= 4 is 23.0 Å². The number of nitrogens with zero attached hydrogens (tertiary/aromatic N) is 8. The number of pyridine rings is 1. The average Bonchev–Trinajstić information content (AvgIpc) is 3.00. The Morgan fingerprint density at radius 2 is 2.04 bits per heavy atom. The first-order chi connectivity index (χ1) is 12.7. The number of nitrogens with one attached hydrogen (secondary N) is 1. The van der Waals surface area contributed by atoms with Crippen molar-refractivity contribution in [1.82, 2.24) is 30.2 Å². The van der Waals surface area contributed by atoms with Crippen molar-refractivity contribution in [3.8, 4) is 0 Å². The van der Waals surface area contributed by atoms with Gasteiger partial charge < -0.3 is 15.1 Å². The van der Waals surface area contributed by atoms with Crippen LogP contribution in [0.2, 0.25) is 0 Å². The normalized spacial score (nSPS) is 17.9. The second-order valence-corrected chi connectivity index (χ2v) is 6.78. The Morgan fingerprint density at radius 1 is 1.12 bits per heavy atom. The molecule has 0 spiro atoms. The number of fused-ring (bicyclic) bond motifs is 1. The molecule has 1 atom stereocenters. The highest BCUT2D eigenvalue weighted by Crippen LogP contribution is 2.21. The molecule has 1 aliphatic rings. The Balaban J connectivity index is 1.39. The van der Waals surface area contributed by atoms with Crippen molar-refractivity contribution in [2.75, 3.05) is 42.3 Å². The summed E-state index contributed by atoms with van der Waals surface area (Å²) in [6.07, 6.45) is 5.19. The third-order valence-corrected chi connectivity index (χ3v) is 4.68. The van der Waals surface area contributed by atoms with Crippen LogP contribution in [0.5, 0.6) is 0 Å². The summed E-state index contributed by atoms with van der Waals surface area (Å²) in [4.78, 5) is 8.78. The van der Waals surface area contributed by atoms with E-state index in [0.717, 1.165) is 49.7 Å². The molecule has 0 amide bonds. The summed E-state index contributed by atoms with van der Waals surface area (Å²) in [6, 6.07) is 8.46. The van der Waals surface area contributed by atoms with Crippen LogP contribution in [0.25, 0.3) is 5.65 Å². The zero-order valence-corrected chi connectivity index (χ0v) is 15.1. The molecule has 0 bridgehead atoms.